The van der Waals surface area contributed by atoms with Crippen molar-refractivity contribution in [3.63, 3.8) is 0 Å². The Kier molecular flexibility index (Phi) is 5.54. The van der Waals surface area contributed by atoms with Gasteiger partial charge in [0.15, 0.2) is 0 Å². The van der Waals surface area contributed by atoms with E-state index < -0.39 is 17.4 Å². The monoisotopic (exact) mass is 206 g/mol. The SMILES string of the molecule is CCOC(=O)C=CC(=O)OC(=O)Cl. The largest absolute Gasteiger partial charge is 0.463 e. The zero-order valence-corrected chi connectivity index (χ0v) is 7.54. The number of ether oxygens (including phenoxy) is 2. The predicted octanol–water partition coefficient (Wildman–Crippen LogP) is 1.01. The minimum atomic E-state index is -1.25. The molecule has 0 unspecified atom stereocenters. The number of carbonyl (C=O) groups is 3. The molecule has 0 aliphatic carbocycles. The maximum atomic E-state index is 10.6. The lowest BCUT2D eigenvalue weighted by Gasteiger charge is -1.94. The van der Waals surface area contributed by atoms with Crippen molar-refractivity contribution in [2.45, 2.75) is 6.92 Å². The molecule has 0 atom stereocenters. The summed E-state index contributed by atoms with van der Waals surface area (Å²) in [6.45, 7) is 1.82. The Hall–Kier alpha value is -1.36. The van der Waals surface area contributed by atoms with Crippen molar-refractivity contribution < 1.29 is 23.9 Å². The van der Waals surface area contributed by atoms with Crippen molar-refractivity contribution in [3.8, 4) is 0 Å². The third-order valence-electron chi connectivity index (χ3n) is 0.823. The van der Waals surface area contributed by atoms with Gasteiger partial charge < -0.3 is 9.47 Å². The van der Waals surface area contributed by atoms with E-state index in [1.165, 1.54) is 0 Å². The standard InChI is InChI=1S/C7H7ClO5/c1-2-12-5(9)3-4-6(10)13-7(8)11/h3-4H,2H2,1H3. The van der Waals surface area contributed by atoms with Crippen LogP contribution >= 0.6 is 11.6 Å². The molecule has 13 heavy (non-hydrogen) atoms. The molecule has 6 heteroatoms. The molecule has 0 aliphatic heterocycles. The van der Waals surface area contributed by atoms with E-state index in [0.29, 0.717) is 0 Å². The van der Waals surface area contributed by atoms with Crippen molar-refractivity contribution >= 4 is 29.0 Å². The molecule has 0 heterocycles. The van der Waals surface area contributed by atoms with Gasteiger partial charge in [-0.1, -0.05) is 0 Å². The summed E-state index contributed by atoms with van der Waals surface area (Å²) in [6.07, 6.45) is 1.59. The van der Waals surface area contributed by atoms with Gasteiger partial charge in [0.05, 0.1) is 6.61 Å². The van der Waals surface area contributed by atoms with Crippen LogP contribution < -0.4 is 0 Å². The average Bonchev–Trinajstić information content (AvgIpc) is 2.00. The van der Waals surface area contributed by atoms with Crippen molar-refractivity contribution in [2.24, 2.45) is 0 Å². The molecule has 5 nitrogen and oxygen atoms in total. The fraction of sp³-hybridized carbons (Fsp3) is 0.286. The maximum absolute atomic E-state index is 10.6. The van der Waals surface area contributed by atoms with Gasteiger partial charge in [-0.2, -0.15) is 0 Å². The third kappa shape index (κ3) is 7.02. The molecule has 72 valence electrons. The summed E-state index contributed by atoms with van der Waals surface area (Å²) in [4.78, 5) is 31.1. The topological polar surface area (TPSA) is 69.7 Å². The van der Waals surface area contributed by atoms with Crippen LogP contribution in [0.5, 0.6) is 0 Å². The van der Waals surface area contributed by atoms with E-state index in [-0.39, 0.29) is 6.61 Å². The van der Waals surface area contributed by atoms with E-state index in [1.807, 2.05) is 0 Å². The molecule has 0 aliphatic rings. The molecule has 0 aromatic rings. The van der Waals surface area contributed by atoms with E-state index >= 15 is 0 Å². The molecule has 0 radical (unpaired) electrons. The zero-order chi connectivity index (χ0) is 10.3. The lowest BCUT2D eigenvalue weighted by Crippen LogP contribution is -2.05. The molecule has 0 amide bonds. The Balaban J connectivity index is 3.90. The number of esters is 2. The van der Waals surface area contributed by atoms with E-state index in [2.05, 4.69) is 9.47 Å². The Morgan fingerprint density at radius 1 is 1.23 bits per heavy atom. The Morgan fingerprint density at radius 3 is 2.23 bits per heavy atom. The quantitative estimate of drug-likeness (QED) is 0.298. The van der Waals surface area contributed by atoms with Crippen LogP contribution in [0.3, 0.4) is 0 Å². The minimum absolute atomic E-state index is 0.201. The highest BCUT2D eigenvalue weighted by Crippen LogP contribution is 1.90. The van der Waals surface area contributed by atoms with Crippen molar-refractivity contribution in [2.75, 3.05) is 6.61 Å². The van der Waals surface area contributed by atoms with Crippen molar-refractivity contribution in [1.82, 2.24) is 0 Å². The number of rotatable bonds is 3. The Labute approximate surface area is 79.3 Å². The predicted molar refractivity (Wildman–Crippen MR) is 43.1 cm³/mol. The fourth-order valence-electron chi connectivity index (χ4n) is 0.440. The van der Waals surface area contributed by atoms with Crippen molar-refractivity contribution in [1.29, 1.82) is 0 Å². The van der Waals surface area contributed by atoms with Gasteiger partial charge in [0.25, 0.3) is 0 Å². The second-order valence-corrected chi connectivity index (χ2v) is 2.05. The number of hydrogen-bond acceptors (Lipinski definition) is 5. The molecule has 0 saturated heterocycles. The first-order chi connectivity index (χ1) is 6.06. The highest BCUT2D eigenvalue weighted by atomic mass is 35.5. The third-order valence-corrected chi connectivity index (χ3v) is 0.900. The molecule has 0 bridgehead atoms. The minimum Gasteiger partial charge on any atom is -0.463 e. The summed E-state index contributed by atoms with van der Waals surface area (Å²) < 4.78 is 8.32. The van der Waals surface area contributed by atoms with Crippen LogP contribution in [0.1, 0.15) is 6.92 Å². The summed E-state index contributed by atoms with van der Waals surface area (Å²) in [5.41, 5.74) is -1.25. The molecule has 0 N–H and O–H groups in total. The van der Waals surface area contributed by atoms with Crippen LogP contribution in [0.2, 0.25) is 0 Å². The van der Waals surface area contributed by atoms with E-state index in [1.54, 1.807) is 6.92 Å². The van der Waals surface area contributed by atoms with Gasteiger partial charge in [0.2, 0.25) is 0 Å². The molecule has 0 saturated carbocycles. The second-order valence-electron chi connectivity index (χ2n) is 1.74. The first-order valence-electron chi connectivity index (χ1n) is 3.32. The van der Waals surface area contributed by atoms with Gasteiger partial charge >= 0.3 is 17.4 Å². The molecule has 0 spiro atoms. The maximum Gasteiger partial charge on any atom is 0.411 e. The first kappa shape index (κ1) is 11.6. The number of carbonyl (C=O) groups excluding carboxylic acids is 3. The van der Waals surface area contributed by atoms with Gasteiger partial charge in [-0.05, 0) is 6.92 Å². The van der Waals surface area contributed by atoms with Gasteiger partial charge in [0, 0.05) is 23.8 Å². The van der Waals surface area contributed by atoms with Crippen molar-refractivity contribution in [3.05, 3.63) is 12.2 Å². The van der Waals surface area contributed by atoms with Crippen LogP contribution in [-0.2, 0) is 19.1 Å². The Bertz CT molecular complexity index is 245. The average molecular weight is 207 g/mol. The van der Waals surface area contributed by atoms with Crippen LogP contribution in [-0.4, -0.2) is 24.0 Å². The molecule has 0 aromatic heterocycles. The molecular formula is C7H7ClO5. The molecule has 0 fully saturated rings. The number of hydrogen-bond donors (Lipinski definition) is 0. The van der Waals surface area contributed by atoms with E-state index in [4.69, 9.17) is 11.6 Å². The smallest absolute Gasteiger partial charge is 0.411 e. The number of halogens is 1. The summed E-state index contributed by atoms with van der Waals surface area (Å²) >= 11 is 4.72. The van der Waals surface area contributed by atoms with Crippen LogP contribution in [0.25, 0.3) is 0 Å². The van der Waals surface area contributed by atoms with Gasteiger partial charge in [0.1, 0.15) is 0 Å². The Morgan fingerprint density at radius 2 is 1.77 bits per heavy atom. The van der Waals surface area contributed by atoms with E-state index in [9.17, 15) is 14.4 Å². The second kappa shape index (κ2) is 6.19. The summed E-state index contributed by atoms with van der Waals surface area (Å²) in [7, 11) is 0. The summed E-state index contributed by atoms with van der Waals surface area (Å²) in [6, 6.07) is 0. The highest BCUT2D eigenvalue weighted by Gasteiger charge is 2.03. The molecule has 0 aromatic carbocycles. The first-order valence-corrected chi connectivity index (χ1v) is 3.70. The van der Waals surface area contributed by atoms with Gasteiger partial charge in [-0.15, -0.1) is 0 Å². The van der Waals surface area contributed by atoms with Gasteiger partial charge in [-0.3, -0.25) is 0 Å². The normalized spacial score (nSPS) is 9.69. The van der Waals surface area contributed by atoms with Crippen LogP contribution in [0.15, 0.2) is 12.2 Å². The highest BCUT2D eigenvalue weighted by molar-refractivity contribution is 6.62. The van der Waals surface area contributed by atoms with E-state index in [0.717, 1.165) is 12.2 Å². The fourth-order valence-corrected chi connectivity index (χ4v) is 0.516. The van der Waals surface area contributed by atoms with Gasteiger partial charge in [-0.25, -0.2) is 14.4 Å². The lowest BCUT2D eigenvalue weighted by atomic mass is 10.5. The van der Waals surface area contributed by atoms with Crippen LogP contribution in [0.4, 0.5) is 4.79 Å². The summed E-state index contributed by atoms with van der Waals surface area (Å²) in [5, 5.41) is 0. The zero-order valence-electron chi connectivity index (χ0n) is 6.78. The molecular weight excluding hydrogens is 200 g/mol. The summed E-state index contributed by atoms with van der Waals surface area (Å²) in [5.74, 6) is -1.71. The van der Waals surface area contributed by atoms with Crippen LogP contribution in [0, 0.1) is 0 Å². The molecule has 0 rings (SSSR count). The lowest BCUT2D eigenvalue weighted by molar-refractivity contribution is -0.138.